The second kappa shape index (κ2) is 6.10. The van der Waals surface area contributed by atoms with Gasteiger partial charge in [0.15, 0.2) is 0 Å². The van der Waals surface area contributed by atoms with Crippen LogP contribution in [0.5, 0.6) is 0 Å². The lowest BCUT2D eigenvalue weighted by molar-refractivity contribution is 0.421. The summed E-state index contributed by atoms with van der Waals surface area (Å²) in [6.45, 7) is 9.23. The van der Waals surface area contributed by atoms with Crippen LogP contribution < -0.4 is 4.90 Å². The van der Waals surface area contributed by atoms with Crippen molar-refractivity contribution in [2.24, 2.45) is 11.8 Å². The van der Waals surface area contributed by atoms with Gasteiger partial charge in [0.05, 0.1) is 0 Å². The van der Waals surface area contributed by atoms with Crippen molar-refractivity contribution in [2.45, 2.75) is 33.6 Å². The molecule has 1 aliphatic heterocycles. The summed E-state index contributed by atoms with van der Waals surface area (Å²) in [6.07, 6.45) is 2.54. The van der Waals surface area contributed by atoms with Gasteiger partial charge < -0.3 is 4.90 Å². The van der Waals surface area contributed by atoms with E-state index >= 15 is 0 Å². The van der Waals surface area contributed by atoms with Crippen LogP contribution >= 0.6 is 15.9 Å². The average molecular weight is 310 g/mol. The van der Waals surface area contributed by atoms with E-state index in [9.17, 15) is 0 Å². The van der Waals surface area contributed by atoms with E-state index in [0.29, 0.717) is 0 Å². The lowest BCUT2D eigenvalue weighted by Gasteiger charge is -2.35. The third-order valence-electron chi connectivity index (χ3n) is 4.05. The van der Waals surface area contributed by atoms with Crippen molar-refractivity contribution in [1.82, 2.24) is 0 Å². The molecule has 1 nitrogen and oxygen atoms in total. The number of fused-ring (bicyclic) bond motifs is 1. The molecule has 0 N–H and O–H groups in total. The van der Waals surface area contributed by atoms with E-state index in [1.807, 2.05) is 0 Å². The fourth-order valence-corrected chi connectivity index (χ4v) is 3.67. The summed E-state index contributed by atoms with van der Waals surface area (Å²) in [5.74, 6) is 1.47. The molecular weight excluding hydrogens is 286 g/mol. The summed E-state index contributed by atoms with van der Waals surface area (Å²) in [6, 6.07) is 6.92. The van der Waals surface area contributed by atoms with E-state index in [0.717, 1.165) is 17.2 Å². The number of alkyl halides is 1. The normalized spacial score (nSPS) is 16.8. The van der Waals surface area contributed by atoms with E-state index in [1.165, 1.54) is 37.2 Å². The topological polar surface area (TPSA) is 3.24 Å². The summed E-state index contributed by atoms with van der Waals surface area (Å²) in [5, 5.41) is 1.10. The monoisotopic (exact) mass is 309 g/mol. The lowest BCUT2D eigenvalue weighted by atomic mass is 9.94. The summed E-state index contributed by atoms with van der Waals surface area (Å²) >= 11 is 3.67. The molecule has 1 aromatic carbocycles. The second-order valence-electron chi connectivity index (χ2n) is 5.84. The number of rotatable bonds is 4. The first-order chi connectivity index (χ1) is 8.61. The van der Waals surface area contributed by atoms with Gasteiger partial charge in [-0.25, -0.2) is 0 Å². The van der Waals surface area contributed by atoms with Gasteiger partial charge in [-0.15, -0.1) is 0 Å². The maximum absolute atomic E-state index is 3.67. The molecule has 1 heterocycles. The Morgan fingerprint density at radius 2 is 2.11 bits per heavy atom. The van der Waals surface area contributed by atoms with Gasteiger partial charge >= 0.3 is 0 Å². The average Bonchev–Trinajstić information content (AvgIpc) is 2.35. The van der Waals surface area contributed by atoms with Crippen molar-refractivity contribution in [3.05, 3.63) is 29.3 Å². The Hall–Kier alpha value is -0.500. The van der Waals surface area contributed by atoms with Crippen molar-refractivity contribution in [2.75, 3.05) is 23.3 Å². The Bertz CT molecular complexity index is 400. The highest BCUT2D eigenvalue weighted by Crippen LogP contribution is 2.29. The summed E-state index contributed by atoms with van der Waals surface area (Å²) in [5.41, 5.74) is 4.40. The molecule has 0 bridgehead atoms. The van der Waals surface area contributed by atoms with Gasteiger partial charge in [-0.05, 0) is 43.2 Å². The van der Waals surface area contributed by atoms with Crippen molar-refractivity contribution in [3.63, 3.8) is 0 Å². The van der Waals surface area contributed by atoms with Gasteiger partial charge in [0, 0.05) is 24.1 Å². The molecule has 0 aliphatic carbocycles. The van der Waals surface area contributed by atoms with Gasteiger partial charge in [0.1, 0.15) is 0 Å². The Morgan fingerprint density at radius 1 is 1.33 bits per heavy atom. The van der Waals surface area contributed by atoms with Crippen molar-refractivity contribution in [1.29, 1.82) is 0 Å². The highest BCUT2D eigenvalue weighted by molar-refractivity contribution is 9.09. The van der Waals surface area contributed by atoms with Crippen LogP contribution in [0.25, 0.3) is 0 Å². The molecule has 0 aromatic heterocycles. The predicted molar refractivity (Wildman–Crippen MR) is 83.8 cm³/mol. The van der Waals surface area contributed by atoms with E-state index in [4.69, 9.17) is 0 Å². The van der Waals surface area contributed by atoms with Crippen molar-refractivity contribution >= 4 is 21.6 Å². The number of benzene rings is 1. The van der Waals surface area contributed by atoms with Crippen LogP contribution in [0.3, 0.4) is 0 Å². The van der Waals surface area contributed by atoms with E-state index in [2.05, 4.69) is 59.8 Å². The first-order valence-electron chi connectivity index (χ1n) is 7.02. The molecule has 0 spiro atoms. The quantitative estimate of drug-likeness (QED) is 0.744. The lowest BCUT2D eigenvalue weighted by Crippen LogP contribution is -2.36. The van der Waals surface area contributed by atoms with Crippen LogP contribution in [-0.2, 0) is 6.42 Å². The Balaban J connectivity index is 2.17. The van der Waals surface area contributed by atoms with Crippen LogP contribution in [0.4, 0.5) is 5.69 Å². The fraction of sp³-hybridized carbons (Fsp3) is 0.625. The van der Waals surface area contributed by atoms with Gasteiger partial charge in [0.2, 0.25) is 0 Å². The summed E-state index contributed by atoms with van der Waals surface area (Å²) in [4.78, 5) is 2.59. The Kier molecular flexibility index (Phi) is 4.71. The van der Waals surface area contributed by atoms with E-state index in [-0.39, 0.29) is 0 Å². The number of hydrogen-bond acceptors (Lipinski definition) is 1. The second-order valence-corrected chi connectivity index (χ2v) is 6.49. The molecule has 1 aromatic rings. The molecule has 2 rings (SSSR count). The summed E-state index contributed by atoms with van der Waals surface area (Å²) < 4.78 is 0. The van der Waals surface area contributed by atoms with Crippen LogP contribution in [0.1, 0.15) is 31.4 Å². The van der Waals surface area contributed by atoms with Crippen LogP contribution in [-0.4, -0.2) is 18.4 Å². The molecule has 1 aliphatic rings. The van der Waals surface area contributed by atoms with Crippen LogP contribution in [0, 0.1) is 18.8 Å². The van der Waals surface area contributed by atoms with E-state index < -0.39 is 0 Å². The van der Waals surface area contributed by atoms with Crippen molar-refractivity contribution < 1.29 is 0 Å². The number of anilines is 1. The molecule has 2 heteroatoms. The van der Waals surface area contributed by atoms with Gasteiger partial charge in [-0.3, -0.25) is 0 Å². The predicted octanol–water partition coefficient (Wildman–Crippen LogP) is 4.41. The fourth-order valence-electron chi connectivity index (χ4n) is 2.71. The first kappa shape index (κ1) is 13.9. The standard InChI is InChI=1S/C16H24BrN/c1-12(2)15(10-17)11-18-8-4-5-14-9-13(3)6-7-16(14)18/h6-7,9,12,15H,4-5,8,10-11H2,1-3H3. The maximum Gasteiger partial charge on any atom is 0.0399 e. The van der Waals surface area contributed by atoms with Gasteiger partial charge in [0.25, 0.3) is 0 Å². The SMILES string of the molecule is Cc1ccc2c(c1)CCCN2CC(CBr)C(C)C. The zero-order chi connectivity index (χ0) is 13.1. The Morgan fingerprint density at radius 3 is 2.78 bits per heavy atom. The molecule has 1 unspecified atom stereocenters. The Labute approximate surface area is 120 Å². The molecule has 0 amide bonds. The number of aryl methyl sites for hydroxylation is 2. The molecule has 18 heavy (non-hydrogen) atoms. The molecule has 0 fully saturated rings. The highest BCUT2D eigenvalue weighted by atomic mass is 79.9. The minimum Gasteiger partial charge on any atom is -0.371 e. The van der Waals surface area contributed by atoms with E-state index in [1.54, 1.807) is 5.56 Å². The van der Waals surface area contributed by atoms with Crippen LogP contribution in [0.2, 0.25) is 0 Å². The largest absolute Gasteiger partial charge is 0.371 e. The zero-order valence-electron chi connectivity index (χ0n) is 11.7. The highest BCUT2D eigenvalue weighted by Gasteiger charge is 2.21. The van der Waals surface area contributed by atoms with Gasteiger partial charge in [-0.1, -0.05) is 47.5 Å². The molecule has 100 valence electrons. The minimum absolute atomic E-state index is 0.734. The molecule has 0 saturated heterocycles. The first-order valence-corrected chi connectivity index (χ1v) is 8.14. The third-order valence-corrected chi connectivity index (χ3v) is 4.88. The molecule has 0 radical (unpaired) electrons. The third kappa shape index (κ3) is 3.09. The smallest absolute Gasteiger partial charge is 0.0399 e. The van der Waals surface area contributed by atoms with Crippen molar-refractivity contribution in [3.8, 4) is 0 Å². The zero-order valence-corrected chi connectivity index (χ0v) is 13.3. The number of hydrogen-bond donors (Lipinski definition) is 0. The molecular formula is C16H24BrN. The number of nitrogens with zero attached hydrogens (tertiary/aromatic N) is 1. The van der Waals surface area contributed by atoms with Crippen LogP contribution in [0.15, 0.2) is 18.2 Å². The number of halogens is 1. The minimum atomic E-state index is 0.734. The molecule has 0 saturated carbocycles. The summed E-state index contributed by atoms with van der Waals surface area (Å²) in [7, 11) is 0. The van der Waals surface area contributed by atoms with Gasteiger partial charge in [-0.2, -0.15) is 0 Å². The maximum atomic E-state index is 3.67. The molecule has 1 atom stereocenters.